The quantitative estimate of drug-likeness (QED) is 0.724. The van der Waals surface area contributed by atoms with Crippen LogP contribution in [0.4, 0.5) is 0 Å². The van der Waals surface area contributed by atoms with Crippen molar-refractivity contribution in [3.63, 3.8) is 0 Å². The van der Waals surface area contributed by atoms with E-state index in [1.807, 2.05) is 34.6 Å². The van der Waals surface area contributed by atoms with Gasteiger partial charge < -0.3 is 20.7 Å². The molecule has 2 unspecified atom stereocenters. The summed E-state index contributed by atoms with van der Waals surface area (Å²) >= 11 is 0. The van der Waals surface area contributed by atoms with Crippen LogP contribution in [-0.2, 0) is 14.3 Å². The van der Waals surface area contributed by atoms with E-state index in [1.165, 1.54) is 4.90 Å². The summed E-state index contributed by atoms with van der Waals surface area (Å²) in [6, 6.07) is 0. The molecular formula is C15H30ClN3O3. The molecular weight excluding hydrogens is 306 g/mol. The van der Waals surface area contributed by atoms with Gasteiger partial charge in [-0.3, -0.25) is 9.59 Å². The zero-order valence-corrected chi connectivity index (χ0v) is 15.1. The first-order chi connectivity index (χ1) is 9.74. The average molecular weight is 336 g/mol. The Bertz CT molecular complexity index is 403. The number of nitrogens with zero attached hydrogens (tertiary/aromatic N) is 1. The number of amides is 2. The lowest BCUT2D eigenvalue weighted by Gasteiger charge is -2.58. The van der Waals surface area contributed by atoms with Crippen molar-refractivity contribution in [2.75, 3.05) is 26.2 Å². The molecule has 2 amide bonds. The highest BCUT2D eigenvalue weighted by Crippen LogP contribution is 2.50. The van der Waals surface area contributed by atoms with Crippen LogP contribution >= 0.6 is 12.4 Å². The number of halogens is 1. The zero-order valence-electron chi connectivity index (χ0n) is 14.3. The molecule has 130 valence electrons. The third-order valence-corrected chi connectivity index (χ3v) is 4.59. The summed E-state index contributed by atoms with van der Waals surface area (Å²) in [5, 5.41) is 2.70. The van der Waals surface area contributed by atoms with Crippen LogP contribution in [0, 0.1) is 5.41 Å². The maximum atomic E-state index is 12.7. The van der Waals surface area contributed by atoms with E-state index in [4.69, 9.17) is 10.5 Å². The lowest BCUT2D eigenvalue weighted by Crippen LogP contribution is -2.76. The van der Waals surface area contributed by atoms with Crippen LogP contribution in [-0.4, -0.2) is 54.6 Å². The summed E-state index contributed by atoms with van der Waals surface area (Å²) in [6.07, 6.45) is 0.484. The Balaban J connectivity index is 0.00000441. The van der Waals surface area contributed by atoms with E-state index in [9.17, 15) is 9.59 Å². The molecule has 1 saturated carbocycles. The minimum atomic E-state index is -0.963. The van der Waals surface area contributed by atoms with Gasteiger partial charge in [0.25, 0.3) is 0 Å². The zero-order chi connectivity index (χ0) is 16.3. The van der Waals surface area contributed by atoms with Crippen molar-refractivity contribution in [3.8, 4) is 0 Å². The summed E-state index contributed by atoms with van der Waals surface area (Å²) in [5.74, 6) is -0.327. The molecule has 7 heteroatoms. The van der Waals surface area contributed by atoms with E-state index >= 15 is 0 Å². The fourth-order valence-electron chi connectivity index (χ4n) is 2.83. The molecule has 0 aromatic rings. The molecule has 1 fully saturated rings. The number of nitrogens with two attached hydrogens (primary N) is 1. The number of hydrogen-bond donors (Lipinski definition) is 2. The lowest BCUT2D eigenvalue weighted by molar-refractivity contribution is -0.179. The second kappa shape index (κ2) is 8.13. The fraction of sp³-hybridized carbons (Fsp3) is 0.867. The minimum absolute atomic E-state index is 0. The van der Waals surface area contributed by atoms with Crippen molar-refractivity contribution in [2.24, 2.45) is 11.1 Å². The van der Waals surface area contributed by atoms with Gasteiger partial charge in [-0.15, -0.1) is 12.4 Å². The van der Waals surface area contributed by atoms with Crippen LogP contribution < -0.4 is 11.1 Å². The molecule has 0 saturated heterocycles. The van der Waals surface area contributed by atoms with E-state index in [0.717, 1.165) is 0 Å². The predicted octanol–water partition coefficient (Wildman–Crippen LogP) is 0.925. The maximum Gasteiger partial charge on any atom is 0.243 e. The van der Waals surface area contributed by atoms with Gasteiger partial charge in [0.05, 0.1) is 12.6 Å². The molecule has 0 aromatic heterocycles. The Morgan fingerprint density at radius 2 is 1.91 bits per heavy atom. The van der Waals surface area contributed by atoms with Gasteiger partial charge in [-0.1, -0.05) is 13.8 Å². The van der Waals surface area contributed by atoms with E-state index < -0.39 is 11.0 Å². The molecule has 1 aliphatic carbocycles. The molecule has 0 heterocycles. The van der Waals surface area contributed by atoms with E-state index in [1.54, 1.807) is 0 Å². The summed E-state index contributed by atoms with van der Waals surface area (Å²) in [6.45, 7) is 11.2. The summed E-state index contributed by atoms with van der Waals surface area (Å²) in [7, 11) is 0. The number of nitrogens with one attached hydrogen (secondary N) is 1. The molecule has 1 rings (SSSR count). The van der Waals surface area contributed by atoms with Crippen molar-refractivity contribution >= 4 is 24.2 Å². The second-order valence-electron chi connectivity index (χ2n) is 6.11. The summed E-state index contributed by atoms with van der Waals surface area (Å²) in [5.41, 5.74) is 4.97. The standard InChI is InChI=1S/C15H29N3O3.ClH/c1-6-17-12(19)10-18(7-2)13(20)15(16)9-11(21-8-3)14(15,4)5;/h11H,6-10,16H2,1-5H3,(H,17,19);1H. The molecule has 0 spiro atoms. The predicted molar refractivity (Wildman–Crippen MR) is 88.9 cm³/mol. The first-order valence-electron chi connectivity index (χ1n) is 7.71. The van der Waals surface area contributed by atoms with Crippen molar-refractivity contribution in [1.82, 2.24) is 10.2 Å². The Morgan fingerprint density at radius 3 is 2.32 bits per heavy atom. The molecule has 1 aliphatic rings. The molecule has 0 aliphatic heterocycles. The minimum Gasteiger partial charge on any atom is -0.378 e. The number of ether oxygens (including phenoxy) is 1. The van der Waals surface area contributed by atoms with E-state index in [-0.39, 0.29) is 36.9 Å². The first kappa shape index (κ1) is 21.1. The topological polar surface area (TPSA) is 84.7 Å². The van der Waals surface area contributed by atoms with Crippen molar-refractivity contribution in [1.29, 1.82) is 0 Å². The third kappa shape index (κ3) is 3.73. The van der Waals surface area contributed by atoms with Gasteiger partial charge in [-0.05, 0) is 20.8 Å². The molecule has 0 aromatic carbocycles. The van der Waals surface area contributed by atoms with Gasteiger partial charge in [0.2, 0.25) is 11.8 Å². The number of rotatable bonds is 7. The number of carbonyl (C=O) groups excluding carboxylic acids is 2. The Kier molecular flexibility index (Phi) is 7.81. The van der Waals surface area contributed by atoms with E-state index in [0.29, 0.717) is 26.1 Å². The molecule has 0 bridgehead atoms. The largest absolute Gasteiger partial charge is 0.378 e. The molecule has 3 N–H and O–H groups in total. The maximum absolute atomic E-state index is 12.7. The molecule has 0 radical (unpaired) electrons. The normalized spacial score (nSPS) is 25.6. The number of likely N-dealkylation sites (N-methyl/N-ethyl adjacent to an activating group) is 2. The molecule has 22 heavy (non-hydrogen) atoms. The SMILES string of the molecule is CCNC(=O)CN(CC)C(=O)C1(N)CC(OCC)C1(C)C.Cl. The highest BCUT2D eigenvalue weighted by atomic mass is 35.5. The van der Waals surface area contributed by atoms with Gasteiger partial charge in [0.1, 0.15) is 5.54 Å². The van der Waals surface area contributed by atoms with Crippen LogP contribution in [0.15, 0.2) is 0 Å². The number of hydrogen-bond acceptors (Lipinski definition) is 4. The van der Waals surface area contributed by atoms with Crippen LogP contribution in [0.1, 0.15) is 41.0 Å². The monoisotopic (exact) mass is 335 g/mol. The highest BCUT2D eigenvalue weighted by Gasteiger charge is 2.63. The summed E-state index contributed by atoms with van der Waals surface area (Å²) < 4.78 is 5.64. The van der Waals surface area contributed by atoms with Gasteiger partial charge in [0, 0.05) is 31.5 Å². The average Bonchev–Trinajstić information content (AvgIpc) is 2.43. The van der Waals surface area contributed by atoms with Gasteiger partial charge in [-0.25, -0.2) is 0 Å². The van der Waals surface area contributed by atoms with Gasteiger partial charge in [0.15, 0.2) is 0 Å². The van der Waals surface area contributed by atoms with Crippen LogP contribution in [0.3, 0.4) is 0 Å². The van der Waals surface area contributed by atoms with Gasteiger partial charge >= 0.3 is 0 Å². The van der Waals surface area contributed by atoms with Crippen molar-refractivity contribution < 1.29 is 14.3 Å². The van der Waals surface area contributed by atoms with Crippen LogP contribution in [0.25, 0.3) is 0 Å². The second-order valence-corrected chi connectivity index (χ2v) is 6.11. The van der Waals surface area contributed by atoms with Crippen molar-refractivity contribution in [3.05, 3.63) is 0 Å². The third-order valence-electron chi connectivity index (χ3n) is 4.59. The Morgan fingerprint density at radius 1 is 1.32 bits per heavy atom. The smallest absolute Gasteiger partial charge is 0.243 e. The Labute approximate surface area is 139 Å². The van der Waals surface area contributed by atoms with Crippen molar-refractivity contribution in [2.45, 2.75) is 52.7 Å². The summed E-state index contributed by atoms with van der Waals surface area (Å²) in [4.78, 5) is 26.0. The first-order valence-corrected chi connectivity index (χ1v) is 7.71. The van der Waals surface area contributed by atoms with Crippen LogP contribution in [0.5, 0.6) is 0 Å². The molecule has 6 nitrogen and oxygen atoms in total. The highest BCUT2D eigenvalue weighted by molar-refractivity contribution is 5.92. The molecule has 2 atom stereocenters. The lowest BCUT2D eigenvalue weighted by atomic mass is 9.54. The van der Waals surface area contributed by atoms with E-state index in [2.05, 4.69) is 5.32 Å². The van der Waals surface area contributed by atoms with Gasteiger partial charge in [-0.2, -0.15) is 0 Å². The van der Waals surface area contributed by atoms with Crippen LogP contribution in [0.2, 0.25) is 0 Å². The Hall–Kier alpha value is -0.850. The number of carbonyl (C=O) groups is 2. The fourth-order valence-corrected chi connectivity index (χ4v) is 2.83.